The molecule has 0 heterocycles. The molecule has 0 aromatic carbocycles. The van der Waals surface area contributed by atoms with Crippen molar-refractivity contribution in [2.75, 3.05) is 6.61 Å². The maximum Gasteiger partial charge on any atom is 0.119 e. The summed E-state index contributed by atoms with van der Waals surface area (Å²) in [5.74, 6) is 1.82. The van der Waals surface area contributed by atoms with Crippen LogP contribution in [0.15, 0.2) is 23.0 Å². The van der Waals surface area contributed by atoms with Crippen molar-refractivity contribution in [2.45, 2.75) is 39.5 Å². The average Bonchev–Trinajstić information content (AvgIpc) is 2.46. The van der Waals surface area contributed by atoms with Gasteiger partial charge in [0, 0.05) is 0 Å². The summed E-state index contributed by atoms with van der Waals surface area (Å²) in [7, 11) is 0. The van der Waals surface area contributed by atoms with Crippen LogP contribution in [0.2, 0.25) is 0 Å². The minimum absolute atomic E-state index is 0.636. The van der Waals surface area contributed by atoms with Crippen LogP contribution < -0.4 is 0 Å². The van der Waals surface area contributed by atoms with Crippen molar-refractivity contribution in [1.29, 1.82) is 0 Å². The summed E-state index contributed by atoms with van der Waals surface area (Å²) in [5, 5.41) is 0. The van der Waals surface area contributed by atoms with Crippen LogP contribution in [0.25, 0.3) is 0 Å². The van der Waals surface area contributed by atoms with E-state index in [2.05, 4.69) is 19.9 Å². The van der Waals surface area contributed by atoms with E-state index in [1.807, 2.05) is 0 Å². The van der Waals surface area contributed by atoms with Gasteiger partial charge < -0.3 is 4.74 Å². The van der Waals surface area contributed by atoms with E-state index in [4.69, 9.17) is 4.74 Å². The Labute approximate surface area is 80.5 Å². The molecule has 0 radical (unpaired) electrons. The van der Waals surface area contributed by atoms with E-state index in [0.717, 1.165) is 6.61 Å². The zero-order chi connectivity index (χ0) is 9.26. The summed E-state index contributed by atoms with van der Waals surface area (Å²) in [6.45, 7) is 5.15. The largest absolute Gasteiger partial charge is 0.494 e. The third-order valence-electron chi connectivity index (χ3n) is 3.06. The Morgan fingerprint density at radius 2 is 2.15 bits per heavy atom. The second kappa shape index (κ2) is 3.57. The van der Waals surface area contributed by atoms with E-state index >= 15 is 0 Å². The quantitative estimate of drug-likeness (QED) is 0.629. The van der Waals surface area contributed by atoms with Gasteiger partial charge in [-0.25, -0.2) is 0 Å². The Bertz CT molecular complexity index is 260. The van der Waals surface area contributed by atoms with Crippen LogP contribution in [0.5, 0.6) is 0 Å². The first kappa shape index (κ1) is 8.86. The second-order valence-electron chi connectivity index (χ2n) is 3.96. The van der Waals surface area contributed by atoms with Crippen molar-refractivity contribution in [3.05, 3.63) is 23.0 Å². The highest BCUT2D eigenvalue weighted by molar-refractivity contribution is 5.42. The lowest BCUT2D eigenvalue weighted by Gasteiger charge is -2.18. The van der Waals surface area contributed by atoms with Crippen LogP contribution >= 0.6 is 0 Å². The number of allylic oxidation sites excluding steroid dienone is 3. The Morgan fingerprint density at radius 1 is 1.38 bits per heavy atom. The normalized spacial score (nSPS) is 27.2. The van der Waals surface area contributed by atoms with E-state index in [-0.39, 0.29) is 0 Å². The first-order valence-corrected chi connectivity index (χ1v) is 5.40. The van der Waals surface area contributed by atoms with E-state index in [9.17, 15) is 0 Å². The van der Waals surface area contributed by atoms with Crippen molar-refractivity contribution >= 4 is 0 Å². The Hall–Kier alpha value is -0.720. The van der Waals surface area contributed by atoms with Gasteiger partial charge in [0.25, 0.3) is 0 Å². The molecule has 2 rings (SSSR count). The maximum atomic E-state index is 5.65. The smallest absolute Gasteiger partial charge is 0.119 e. The van der Waals surface area contributed by atoms with E-state index < -0.39 is 0 Å². The first-order chi connectivity index (χ1) is 6.33. The summed E-state index contributed by atoms with van der Waals surface area (Å²) >= 11 is 0. The van der Waals surface area contributed by atoms with Gasteiger partial charge >= 0.3 is 0 Å². The van der Waals surface area contributed by atoms with Gasteiger partial charge in [-0.15, -0.1) is 0 Å². The van der Waals surface area contributed by atoms with E-state index in [1.54, 1.807) is 5.57 Å². The lowest BCUT2D eigenvalue weighted by Crippen LogP contribution is -2.02. The molecular formula is C12H18O. The molecule has 13 heavy (non-hydrogen) atoms. The Kier molecular flexibility index (Phi) is 2.43. The van der Waals surface area contributed by atoms with Crippen molar-refractivity contribution in [3.8, 4) is 0 Å². The van der Waals surface area contributed by atoms with Gasteiger partial charge in [0.2, 0.25) is 0 Å². The van der Waals surface area contributed by atoms with Crippen LogP contribution in [0.4, 0.5) is 0 Å². The molecule has 1 nitrogen and oxygen atoms in total. The lowest BCUT2D eigenvalue weighted by atomic mass is 9.89. The minimum Gasteiger partial charge on any atom is -0.494 e. The predicted octanol–water partition coefficient (Wildman–Crippen LogP) is 3.43. The summed E-state index contributed by atoms with van der Waals surface area (Å²) in [4.78, 5) is 0. The molecule has 72 valence electrons. The monoisotopic (exact) mass is 178 g/mol. The first-order valence-electron chi connectivity index (χ1n) is 5.40. The molecule has 2 aliphatic carbocycles. The fraction of sp³-hybridized carbons (Fsp3) is 0.667. The highest BCUT2D eigenvalue weighted by Gasteiger charge is 2.26. The molecule has 0 saturated heterocycles. The Balaban J connectivity index is 2.21. The molecule has 2 aliphatic rings. The predicted molar refractivity (Wildman–Crippen MR) is 54.4 cm³/mol. The molecule has 0 amide bonds. The molecule has 0 aromatic rings. The fourth-order valence-corrected chi connectivity index (χ4v) is 2.43. The van der Waals surface area contributed by atoms with E-state index in [0.29, 0.717) is 5.92 Å². The van der Waals surface area contributed by atoms with Gasteiger partial charge in [-0.05, 0) is 50.2 Å². The summed E-state index contributed by atoms with van der Waals surface area (Å²) < 4.78 is 5.65. The summed E-state index contributed by atoms with van der Waals surface area (Å²) in [5.41, 5.74) is 3.18. The third kappa shape index (κ3) is 1.52. The topological polar surface area (TPSA) is 9.23 Å². The van der Waals surface area contributed by atoms with Crippen LogP contribution in [0.1, 0.15) is 39.5 Å². The standard InChI is InChI=1S/C12H18O/c1-3-13-12-8-9(2)10-6-4-5-7-11(10)12/h8-9H,3-7H2,1-2H3/t9-/m0/s1. The van der Waals surface area contributed by atoms with E-state index in [1.165, 1.54) is 37.0 Å². The number of hydrogen-bond acceptors (Lipinski definition) is 1. The fourth-order valence-electron chi connectivity index (χ4n) is 2.43. The molecule has 0 spiro atoms. The third-order valence-corrected chi connectivity index (χ3v) is 3.06. The second-order valence-corrected chi connectivity index (χ2v) is 3.96. The molecule has 0 N–H and O–H groups in total. The van der Waals surface area contributed by atoms with Crippen LogP contribution in [-0.4, -0.2) is 6.61 Å². The molecule has 0 aromatic heterocycles. The number of rotatable bonds is 2. The van der Waals surface area contributed by atoms with Crippen molar-refractivity contribution < 1.29 is 4.74 Å². The van der Waals surface area contributed by atoms with Gasteiger partial charge in [0.05, 0.1) is 6.61 Å². The van der Waals surface area contributed by atoms with Gasteiger partial charge in [0.1, 0.15) is 5.76 Å². The molecule has 0 aliphatic heterocycles. The molecular weight excluding hydrogens is 160 g/mol. The molecule has 0 bridgehead atoms. The molecule has 0 unspecified atom stereocenters. The van der Waals surface area contributed by atoms with Gasteiger partial charge in [-0.1, -0.05) is 12.5 Å². The van der Waals surface area contributed by atoms with Gasteiger partial charge in [0.15, 0.2) is 0 Å². The van der Waals surface area contributed by atoms with Gasteiger partial charge in [-0.2, -0.15) is 0 Å². The number of hydrogen-bond donors (Lipinski definition) is 0. The molecule has 1 heteroatoms. The summed E-state index contributed by atoms with van der Waals surface area (Å²) in [6.07, 6.45) is 7.54. The molecule has 0 saturated carbocycles. The van der Waals surface area contributed by atoms with Crippen LogP contribution in [-0.2, 0) is 4.74 Å². The zero-order valence-electron chi connectivity index (χ0n) is 8.60. The Morgan fingerprint density at radius 3 is 2.92 bits per heavy atom. The lowest BCUT2D eigenvalue weighted by molar-refractivity contribution is 0.235. The molecule has 0 fully saturated rings. The average molecular weight is 178 g/mol. The highest BCUT2D eigenvalue weighted by Crippen LogP contribution is 2.40. The van der Waals surface area contributed by atoms with Crippen LogP contribution in [0.3, 0.4) is 0 Å². The zero-order valence-corrected chi connectivity index (χ0v) is 8.60. The summed E-state index contributed by atoms with van der Waals surface area (Å²) in [6, 6.07) is 0. The van der Waals surface area contributed by atoms with Crippen LogP contribution in [0, 0.1) is 5.92 Å². The maximum absolute atomic E-state index is 5.65. The highest BCUT2D eigenvalue weighted by atomic mass is 16.5. The van der Waals surface area contributed by atoms with Gasteiger partial charge in [-0.3, -0.25) is 0 Å². The SMILES string of the molecule is CCOC1=C[C@H](C)C2=C1CCCC2. The number of ether oxygens (including phenoxy) is 1. The minimum atomic E-state index is 0.636. The van der Waals surface area contributed by atoms with Crippen molar-refractivity contribution in [2.24, 2.45) is 5.92 Å². The molecule has 1 atom stereocenters. The van der Waals surface area contributed by atoms with Crippen molar-refractivity contribution in [1.82, 2.24) is 0 Å². The van der Waals surface area contributed by atoms with Crippen molar-refractivity contribution in [3.63, 3.8) is 0 Å².